The first-order chi connectivity index (χ1) is 11.1. The number of benzene rings is 2. The summed E-state index contributed by atoms with van der Waals surface area (Å²) < 4.78 is 13.4. The average Bonchev–Trinajstić information content (AvgIpc) is 2.58. The van der Waals surface area contributed by atoms with E-state index in [0.717, 1.165) is 5.56 Å². The minimum absolute atomic E-state index is 0.103. The van der Waals surface area contributed by atoms with Gasteiger partial charge in [0, 0.05) is 18.5 Å². The normalized spacial score (nSPS) is 10.1. The first kappa shape index (κ1) is 16.7. The molecule has 0 heterocycles. The van der Waals surface area contributed by atoms with E-state index in [9.17, 15) is 14.0 Å². The molecule has 0 aromatic heterocycles. The van der Waals surface area contributed by atoms with Crippen LogP contribution >= 0.6 is 0 Å². The standard InChI is InChI=1S/C18H19FN2O2/c19-16-9-5-4-8-15(16)12-20-18(23)13-21-17(22)11-10-14-6-2-1-3-7-14/h1-9H,10-13H2,(H,20,23)(H,21,22). The van der Waals surface area contributed by atoms with E-state index >= 15 is 0 Å². The minimum atomic E-state index is -0.361. The Morgan fingerprint density at radius 1 is 0.870 bits per heavy atom. The molecule has 0 aliphatic carbocycles. The molecule has 0 fully saturated rings. The topological polar surface area (TPSA) is 58.2 Å². The molecular weight excluding hydrogens is 295 g/mol. The maximum atomic E-state index is 13.4. The van der Waals surface area contributed by atoms with Crippen LogP contribution in [0.2, 0.25) is 0 Å². The fraction of sp³-hybridized carbons (Fsp3) is 0.222. The third kappa shape index (κ3) is 5.90. The summed E-state index contributed by atoms with van der Waals surface area (Å²) in [6.07, 6.45) is 0.953. The molecule has 0 aliphatic heterocycles. The molecule has 120 valence electrons. The lowest BCUT2D eigenvalue weighted by Gasteiger charge is -2.08. The Morgan fingerprint density at radius 3 is 2.30 bits per heavy atom. The number of carbonyl (C=O) groups excluding carboxylic acids is 2. The number of halogens is 1. The third-order valence-electron chi connectivity index (χ3n) is 3.36. The van der Waals surface area contributed by atoms with Crippen LogP contribution in [0.3, 0.4) is 0 Å². The average molecular weight is 314 g/mol. The maximum absolute atomic E-state index is 13.4. The highest BCUT2D eigenvalue weighted by atomic mass is 19.1. The van der Waals surface area contributed by atoms with Gasteiger partial charge in [-0.3, -0.25) is 9.59 Å². The van der Waals surface area contributed by atoms with Crippen molar-refractivity contribution in [2.24, 2.45) is 0 Å². The van der Waals surface area contributed by atoms with Gasteiger partial charge < -0.3 is 10.6 Å². The second kappa shape index (κ2) is 8.68. The second-order valence-corrected chi connectivity index (χ2v) is 5.13. The van der Waals surface area contributed by atoms with Crippen molar-refractivity contribution in [1.82, 2.24) is 10.6 Å². The number of nitrogens with one attached hydrogen (secondary N) is 2. The number of hydrogen-bond acceptors (Lipinski definition) is 2. The Morgan fingerprint density at radius 2 is 1.57 bits per heavy atom. The summed E-state index contributed by atoms with van der Waals surface area (Å²) >= 11 is 0. The molecule has 2 amide bonds. The first-order valence-corrected chi connectivity index (χ1v) is 7.46. The third-order valence-corrected chi connectivity index (χ3v) is 3.36. The summed E-state index contributed by atoms with van der Waals surface area (Å²) in [5.41, 5.74) is 1.49. The number of carbonyl (C=O) groups is 2. The highest BCUT2D eigenvalue weighted by Crippen LogP contribution is 2.05. The van der Waals surface area contributed by atoms with Gasteiger partial charge in [0.2, 0.25) is 11.8 Å². The van der Waals surface area contributed by atoms with Crippen molar-refractivity contribution in [3.63, 3.8) is 0 Å². The summed E-state index contributed by atoms with van der Waals surface area (Å²) in [6, 6.07) is 15.9. The second-order valence-electron chi connectivity index (χ2n) is 5.13. The smallest absolute Gasteiger partial charge is 0.239 e. The van der Waals surface area contributed by atoms with Crippen molar-refractivity contribution in [3.8, 4) is 0 Å². The van der Waals surface area contributed by atoms with Crippen molar-refractivity contribution >= 4 is 11.8 Å². The van der Waals surface area contributed by atoms with Gasteiger partial charge >= 0.3 is 0 Å². The molecule has 2 N–H and O–H groups in total. The number of rotatable bonds is 7. The summed E-state index contributed by atoms with van der Waals surface area (Å²) in [7, 11) is 0. The van der Waals surface area contributed by atoms with Gasteiger partial charge in [-0.2, -0.15) is 0 Å². The first-order valence-electron chi connectivity index (χ1n) is 7.46. The van der Waals surface area contributed by atoms with Gasteiger partial charge in [-0.25, -0.2) is 4.39 Å². The predicted molar refractivity (Wildman–Crippen MR) is 86.0 cm³/mol. The van der Waals surface area contributed by atoms with Crippen LogP contribution in [-0.4, -0.2) is 18.4 Å². The van der Waals surface area contributed by atoms with Gasteiger partial charge in [0.25, 0.3) is 0 Å². The molecule has 0 unspecified atom stereocenters. The van der Waals surface area contributed by atoms with E-state index in [1.807, 2.05) is 30.3 Å². The zero-order chi connectivity index (χ0) is 16.5. The molecule has 0 bridgehead atoms. The van der Waals surface area contributed by atoms with Crippen LogP contribution in [0.5, 0.6) is 0 Å². The minimum Gasteiger partial charge on any atom is -0.350 e. The highest BCUT2D eigenvalue weighted by Gasteiger charge is 2.07. The zero-order valence-electron chi connectivity index (χ0n) is 12.7. The number of amides is 2. The SMILES string of the molecule is O=C(CCc1ccccc1)NCC(=O)NCc1ccccc1F. The lowest BCUT2D eigenvalue weighted by Crippen LogP contribution is -2.36. The van der Waals surface area contributed by atoms with Crippen LogP contribution in [0.25, 0.3) is 0 Å². The van der Waals surface area contributed by atoms with E-state index in [0.29, 0.717) is 18.4 Å². The van der Waals surface area contributed by atoms with Crippen LogP contribution in [0.4, 0.5) is 4.39 Å². The van der Waals surface area contributed by atoms with Gasteiger partial charge in [0.15, 0.2) is 0 Å². The largest absolute Gasteiger partial charge is 0.350 e. The molecule has 23 heavy (non-hydrogen) atoms. The molecule has 4 nitrogen and oxygen atoms in total. The van der Waals surface area contributed by atoms with Crippen molar-refractivity contribution in [1.29, 1.82) is 0 Å². The van der Waals surface area contributed by atoms with E-state index in [-0.39, 0.29) is 30.7 Å². The maximum Gasteiger partial charge on any atom is 0.239 e. The van der Waals surface area contributed by atoms with E-state index < -0.39 is 0 Å². The van der Waals surface area contributed by atoms with Crippen molar-refractivity contribution < 1.29 is 14.0 Å². The van der Waals surface area contributed by atoms with Gasteiger partial charge in [0.05, 0.1) is 6.54 Å². The van der Waals surface area contributed by atoms with Crippen molar-refractivity contribution in [2.45, 2.75) is 19.4 Å². The molecule has 2 rings (SSSR count). The monoisotopic (exact) mass is 314 g/mol. The summed E-state index contributed by atoms with van der Waals surface area (Å²) in [4.78, 5) is 23.4. The van der Waals surface area contributed by atoms with Gasteiger partial charge in [-0.05, 0) is 18.1 Å². The molecule has 2 aromatic carbocycles. The van der Waals surface area contributed by atoms with E-state index in [2.05, 4.69) is 10.6 Å². The molecule has 5 heteroatoms. The number of hydrogen-bond donors (Lipinski definition) is 2. The Kier molecular flexibility index (Phi) is 6.29. The van der Waals surface area contributed by atoms with Crippen LogP contribution in [-0.2, 0) is 22.6 Å². The van der Waals surface area contributed by atoms with Crippen LogP contribution in [0.1, 0.15) is 17.5 Å². The molecule has 0 spiro atoms. The van der Waals surface area contributed by atoms with Crippen molar-refractivity contribution in [2.75, 3.05) is 6.54 Å². The summed E-state index contributed by atoms with van der Waals surface area (Å²) in [5.74, 6) is -0.893. The van der Waals surface area contributed by atoms with Crippen LogP contribution in [0.15, 0.2) is 54.6 Å². The van der Waals surface area contributed by atoms with Crippen LogP contribution in [0, 0.1) is 5.82 Å². The lowest BCUT2D eigenvalue weighted by molar-refractivity contribution is -0.126. The van der Waals surface area contributed by atoms with Crippen LogP contribution < -0.4 is 10.6 Å². The fourth-order valence-corrected chi connectivity index (χ4v) is 2.07. The van der Waals surface area contributed by atoms with Gasteiger partial charge in [-0.1, -0.05) is 48.5 Å². The molecule has 2 aromatic rings. The molecule has 0 atom stereocenters. The summed E-state index contributed by atoms with van der Waals surface area (Å²) in [6.45, 7) is -0.00648. The number of aryl methyl sites for hydroxylation is 1. The van der Waals surface area contributed by atoms with E-state index in [4.69, 9.17) is 0 Å². The van der Waals surface area contributed by atoms with E-state index in [1.54, 1.807) is 18.2 Å². The molecule has 0 aliphatic rings. The Hall–Kier alpha value is -2.69. The fourth-order valence-electron chi connectivity index (χ4n) is 2.07. The van der Waals surface area contributed by atoms with E-state index in [1.165, 1.54) is 6.07 Å². The zero-order valence-corrected chi connectivity index (χ0v) is 12.7. The Labute approximate surface area is 134 Å². The predicted octanol–water partition coefficient (Wildman–Crippen LogP) is 2.19. The highest BCUT2D eigenvalue weighted by molar-refractivity contribution is 5.84. The molecule has 0 saturated heterocycles. The van der Waals surface area contributed by atoms with Gasteiger partial charge in [-0.15, -0.1) is 0 Å². The Bertz CT molecular complexity index is 659. The van der Waals surface area contributed by atoms with Gasteiger partial charge in [0.1, 0.15) is 5.82 Å². The summed E-state index contributed by atoms with van der Waals surface area (Å²) in [5, 5.41) is 5.13. The molecular formula is C18H19FN2O2. The molecule has 0 saturated carbocycles. The molecule has 0 radical (unpaired) electrons. The lowest BCUT2D eigenvalue weighted by atomic mass is 10.1. The van der Waals surface area contributed by atoms with Crippen molar-refractivity contribution in [3.05, 3.63) is 71.5 Å². The Balaban J connectivity index is 1.66. The quantitative estimate of drug-likeness (QED) is 0.823.